The molecule has 134 valence electrons. The molecule has 1 heterocycles. The highest BCUT2D eigenvalue weighted by molar-refractivity contribution is 9.10. The van der Waals surface area contributed by atoms with Crippen molar-refractivity contribution in [3.05, 3.63) is 53.0 Å². The van der Waals surface area contributed by atoms with E-state index in [1.165, 1.54) is 5.69 Å². The number of halogens is 1. The first kappa shape index (κ1) is 18.0. The van der Waals surface area contributed by atoms with Gasteiger partial charge in [0.2, 0.25) is 0 Å². The van der Waals surface area contributed by atoms with Gasteiger partial charge in [0.15, 0.2) is 0 Å². The van der Waals surface area contributed by atoms with E-state index in [9.17, 15) is 10.2 Å². The standard InChI is InChI=1S/C19H23BrN2O3/c20-15-1-3-16(4-2-15)22-11-9-21(10-12-22)13-18(24)14-25-19-7-5-17(23)6-8-19/h1-8,18,23-24H,9-14H2/t18-/m0/s1. The Balaban J connectivity index is 1.40. The molecule has 3 rings (SSSR count). The lowest BCUT2D eigenvalue weighted by Crippen LogP contribution is -2.49. The first-order chi connectivity index (χ1) is 12.1. The second kappa shape index (κ2) is 8.56. The van der Waals surface area contributed by atoms with E-state index < -0.39 is 6.10 Å². The molecule has 1 aliphatic heterocycles. The smallest absolute Gasteiger partial charge is 0.119 e. The molecule has 0 saturated carbocycles. The Morgan fingerprint density at radius 2 is 1.60 bits per heavy atom. The van der Waals surface area contributed by atoms with Crippen LogP contribution in [0, 0.1) is 0 Å². The molecule has 0 bridgehead atoms. The quantitative estimate of drug-likeness (QED) is 0.772. The molecule has 1 fully saturated rings. The molecular formula is C19H23BrN2O3. The number of phenols is 1. The van der Waals surface area contributed by atoms with Gasteiger partial charge in [-0.2, -0.15) is 0 Å². The van der Waals surface area contributed by atoms with Gasteiger partial charge in [-0.15, -0.1) is 0 Å². The number of ether oxygens (including phenoxy) is 1. The molecule has 0 aromatic heterocycles. The number of hydrogen-bond donors (Lipinski definition) is 2. The van der Waals surface area contributed by atoms with Crippen molar-refractivity contribution in [1.29, 1.82) is 0 Å². The molecule has 6 heteroatoms. The van der Waals surface area contributed by atoms with E-state index in [-0.39, 0.29) is 12.4 Å². The predicted molar refractivity (Wildman–Crippen MR) is 102 cm³/mol. The number of rotatable bonds is 6. The van der Waals surface area contributed by atoms with E-state index in [4.69, 9.17) is 4.74 Å². The average Bonchev–Trinajstić information content (AvgIpc) is 2.63. The van der Waals surface area contributed by atoms with Gasteiger partial charge in [0.25, 0.3) is 0 Å². The van der Waals surface area contributed by atoms with Crippen LogP contribution < -0.4 is 9.64 Å². The number of hydrogen-bond acceptors (Lipinski definition) is 5. The van der Waals surface area contributed by atoms with Gasteiger partial charge in [0, 0.05) is 42.9 Å². The molecule has 1 atom stereocenters. The van der Waals surface area contributed by atoms with Gasteiger partial charge in [-0.25, -0.2) is 0 Å². The van der Waals surface area contributed by atoms with Crippen molar-refractivity contribution in [1.82, 2.24) is 4.90 Å². The van der Waals surface area contributed by atoms with E-state index in [0.29, 0.717) is 12.3 Å². The minimum absolute atomic E-state index is 0.205. The van der Waals surface area contributed by atoms with Gasteiger partial charge in [0.05, 0.1) is 0 Å². The average molecular weight is 407 g/mol. The van der Waals surface area contributed by atoms with Crippen LogP contribution in [0.1, 0.15) is 0 Å². The fourth-order valence-electron chi connectivity index (χ4n) is 2.93. The molecule has 0 unspecified atom stereocenters. The van der Waals surface area contributed by atoms with Crippen LogP contribution in [0.4, 0.5) is 5.69 Å². The third-order valence-corrected chi connectivity index (χ3v) is 4.84. The van der Waals surface area contributed by atoms with Crippen molar-refractivity contribution in [2.24, 2.45) is 0 Å². The Morgan fingerprint density at radius 1 is 0.960 bits per heavy atom. The number of aliphatic hydroxyl groups excluding tert-OH is 1. The summed E-state index contributed by atoms with van der Waals surface area (Å²) in [4.78, 5) is 4.63. The highest BCUT2D eigenvalue weighted by Gasteiger charge is 2.19. The number of piperazine rings is 1. The van der Waals surface area contributed by atoms with Crippen LogP contribution in [0.25, 0.3) is 0 Å². The second-order valence-electron chi connectivity index (χ2n) is 6.22. The van der Waals surface area contributed by atoms with Gasteiger partial charge in [-0.05, 0) is 48.5 Å². The first-order valence-electron chi connectivity index (χ1n) is 8.43. The van der Waals surface area contributed by atoms with Crippen LogP contribution in [0.3, 0.4) is 0 Å². The lowest BCUT2D eigenvalue weighted by atomic mass is 10.2. The SMILES string of the molecule is Oc1ccc(OC[C@@H](O)CN2CCN(c3ccc(Br)cc3)CC2)cc1. The maximum atomic E-state index is 10.2. The summed E-state index contributed by atoms with van der Waals surface area (Å²) in [6.45, 7) is 4.60. The Hall–Kier alpha value is -1.76. The molecule has 0 radical (unpaired) electrons. The van der Waals surface area contributed by atoms with Crippen LogP contribution in [0.5, 0.6) is 11.5 Å². The minimum Gasteiger partial charge on any atom is -0.508 e. The molecule has 1 saturated heterocycles. The lowest BCUT2D eigenvalue weighted by molar-refractivity contribution is 0.0663. The molecule has 2 N–H and O–H groups in total. The van der Waals surface area contributed by atoms with Gasteiger partial charge in [-0.1, -0.05) is 15.9 Å². The fraction of sp³-hybridized carbons (Fsp3) is 0.368. The Kier molecular flexibility index (Phi) is 6.18. The third kappa shape index (κ3) is 5.36. The largest absolute Gasteiger partial charge is 0.508 e. The summed E-state index contributed by atoms with van der Waals surface area (Å²) in [5.74, 6) is 0.855. The highest BCUT2D eigenvalue weighted by Crippen LogP contribution is 2.20. The number of β-amino-alcohol motifs (C(OH)–C–C–N with tert-alkyl or cyclic N) is 1. The lowest BCUT2D eigenvalue weighted by Gasteiger charge is -2.36. The van der Waals surface area contributed by atoms with Gasteiger partial charge < -0.3 is 19.8 Å². The maximum absolute atomic E-state index is 10.2. The molecule has 1 aliphatic rings. The number of benzene rings is 2. The summed E-state index contributed by atoms with van der Waals surface area (Å²) in [6, 6.07) is 14.9. The number of phenolic OH excluding ortho intramolecular Hbond substituents is 1. The van der Waals surface area contributed by atoms with Crippen LogP contribution in [0.2, 0.25) is 0 Å². The molecule has 5 nitrogen and oxygen atoms in total. The maximum Gasteiger partial charge on any atom is 0.119 e. The van der Waals surface area contributed by atoms with Crippen molar-refractivity contribution < 1.29 is 14.9 Å². The van der Waals surface area contributed by atoms with E-state index in [0.717, 1.165) is 30.7 Å². The van der Waals surface area contributed by atoms with Gasteiger partial charge >= 0.3 is 0 Å². The van der Waals surface area contributed by atoms with Crippen LogP contribution in [-0.4, -0.2) is 60.5 Å². The van der Waals surface area contributed by atoms with Gasteiger partial charge in [0.1, 0.15) is 24.2 Å². The molecular weight excluding hydrogens is 384 g/mol. The minimum atomic E-state index is -0.534. The third-order valence-electron chi connectivity index (χ3n) is 4.31. The zero-order valence-corrected chi connectivity index (χ0v) is 15.6. The van der Waals surface area contributed by atoms with Crippen LogP contribution >= 0.6 is 15.9 Å². The number of aliphatic hydroxyl groups is 1. The van der Waals surface area contributed by atoms with E-state index in [2.05, 4.69) is 50.0 Å². The van der Waals surface area contributed by atoms with Crippen LogP contribution in [-0.2, 0) is 0 Å². The van der Waals surface area contributed by atoms with E-state index in [1.54, 1.807) is 24.3 Å². The summed E-state index contributed by atoms with van der Waals surface area (Å²) < 4.78 is 6.65. The van der Waals surface area contributed by atoms with Crippen molar-refractivity contribution in [3.63, 3.8) is 0 Å². The summed E-state index contributed by atoms with van der Waals surface area (Å²) in [5, 5.41) is 19.4. The number of aromatic hydroxyl groups is 1. The monoisotopic (exact) mass is 406 g/mol. The van der Waals surface area contributed by atoms with E-state index >= 15 is 0 Å². The zero-order valence-electron chi connectivity index (χ0n) is 14.0. The molecule has 0 amide bonds. The topological polar surface area (TPSA) is 56.2 Å². The summed E-state index contributed by atoms with van der Waals surface area (Å²) in [6.07, 6.45) is -0.534. The van der Waals surface area contributed by atoms with Crippen LogP contribution in [0.15, 0.2) is 53.0 Å². The second-order valence-corrected chi connectivity index (χ2v) is 7.14. The molecule has 25 heavy (non-hydrogen) atoms. The van der Waals surface area contributed by atoms with Crippen molar-refractivity contribution >= 4 is 21.6 Å². The van der Waals surface area contributed by atoms with Crippen molar-refractivity contribution in [2.75, 3.05) is 44.2 Å². The molecule has 2 aromatic carbocycles. The van der Waals surface area contributed by atoms with Crippen molar-refractivity contribution in [3.8, 4) is 11.5 Å². The Morgan fingerprint density at radius 3 is 2.24 bits per heavy atom. The van der Waals surface area contributed by atoms with E-state index in [1.807, 2.05) is 0 Å². The summed E-state index contributed by atoms with van der Waals surface area (Å²) in [5.41, 5.74) is 1.24. The Labute approximate surface area is 156 Å². The van der Waals surface area contributed by atoms with Crippen molar-refractivity contribution in [2.45, 2.75) is 6.10 Å². The predicted octanol–water partition coefficient (Wildman–Crippen LogP) is 2.72. The number of nitrogens with zero attached hydrogens (tertiary/aromatic N) is 2. The molecule has 0 spiro atoms. The molecule has 2 aromatic rings. The summed E-state index contributed by atoms with van der Waals surface area (Å²) >= 11 is 3.46. The number of anilines is 1. The Bertz CT molecular complexity index is 655. The zero-order chi connectivity index (χ0) is 17.6. The normalized spacial score (nSPS) is 16.6. The highest BCUT2D eigenvalue weighted by atomic mass is 79.9. The molecule has 0 aliphatic carbocycles. The fourth-order valence-corrected chi connectivity index (χ4v) is 3.19. The first-order valence-corrected chi connectivity index (χ1v) is 9.22. The van der Waals surface area contributed by atoms with Gasteiger partial charge in [-0.3, -0.25) is 4.90 Å². The summed E-state index contributed by atoms with van der Waals surface area (Å²) in [7, 11) is 0.